The molecule has 0 aliphatic carbocycles. The number of aliphatic hydroxyl groups excluding tert-OH is 5. The number of rotatable bonds is 23. The van der Waals surface area contributed by atoms with Gasteiger partial charge in [-0.1, -0.05) is 103 Å². The van der Waals surface area contributed by atoms with Gasteiger partial charge in [-0.05, 0) is 6.42 Å². The van der Waals surface area contributed by atoms with Crippen LogP contribution in [0.3, 0.4) is 0 Å². The van der Waals surface area contributed by atoms with E-state index < -0.39 is 43.6 Å². The second-order valence-corrected chi connectivity index (χ2v) is 9.00. The standard InChI is InChI=1S/C25H50O7/c1-2-3-4-5-6-7-8-9-10-11-12-13-14-15-16-17-18-23(30)32-25(22(29)20-27)24(31)21(28)19-26/h21-22,24-29,31H,2-20H2,1H3/t21-,22-,24-,25-/m1/s1. The molecule has 0 bridgehead atoms. The van der Waals surface area contributed by atoms with E-state index in [1.807, 2.05) is 0 Å². The predicted octanol–water partition coefficient (Wildman–Crippen LogP) is 3.62. The number of esters is 1. The fourth-order valence-electron chi connectivity index (χ4n) is 3.83. The van der Waals surface area contributed by atoms with E-state index in [1.54, 1.807) is 0 Å². The molecule has 0 rings (SSSR count). The predicted molar refractivity (Wildman–Crippen MR) is 126 cm³/mol. The van der Waals surface area contributed by atoms with E-state index in [9.17, 15) is 20.1 Å². The van der Waals surface area contributed by atoms with Gasteiger partial charge in [-0.25, -0.2) is 0 Å². The summed E-state index contributed by atoms with van der Waals surface area (Å²) < 4.78 is 5.04. The summed E-state index contributed by atoms with van der Waals surface area (Å²) in [5.74, 6) is -0.600. The normalized spacial score (nSPS) is 15.3. The molecule has 0 aromatic heterocycles. The molecule has 0 aromatic carbocycles. The highest BCUT2D eigenvalue weighted by molar-refractivity contribution is 5.69. The Labute approximate surface area is 195 Å². The van der Waals surface area contributed by atoms with Crippen LogP contribution in [-0.4, -0.2) is 69.1 Å². The number of hydrogen-bond acceptors (Lipinski definition) is 7. The van der Waals surface area contributed by atoms with Crippen LogP contribution >= 0.6 is 0 Å². The van der Waals surface area contributed by atoms with Crippen LogP contribution in [0.2, 0.25) is 0 Å². The zero-order valence-corrected chi connectivity index (χ0v) is 20.3. The van der Waals surface area contributed by atoms with Gasteiger partial charge >= 0.3 is 5.97 Å². The average molecular weight is 463 g/mol. The first kappa shape index (κ1) is 31.3. The lowest BCUT2D eigenvalue weighted by atomic mass is 10.0. The van der Waals surface area contributed by atoms with Gasteiger partial charge in [0.05, 0.1) is 13.2 Å². The average Bonchev–Trinajstić information content (AvgIpc) is 2.80. The third-order valence-corrected chi connectivity index (χ3v) is 5.99. The van der Waals surface area contributed by atoms with Gasteiger partial charge in [-0.3, -0.25) is 4.79 Å². The first-order chi connectivity index (χ1) is 15.5. The minimum Gasteiger partial charge on any atom is -0.457 e. The molecule has 192 valence electrons. The number of hydrogen-bond donors (Lipinski definition) is 5. The quantitative estimate of drug-likeness (QED) is 0.116. The van der Waals surface area contributed by atoms with Crippen molar-refractivity contribution in [1.82, 2.24) is 0 Å². The molecule has 5 N–H and O–H groups in total. The number of carbonyl (C=O) groups is 1. The molecule has 0 aliphatic rings. The molecule has 0 aliphatic heterocycles. The molecule has 0 spiro atoms. The van der Waals surface area contributed by atoms with Crippen molar-refractivity contribution in [3.8, 4) is 0 Å². The molecular formula is C25H50O7. The maximum atomic E-state index is 12.0. The van der Waals surface area contributed by atoms with E-state index in [0.29, 0.717) is 6.42 Å². The zero-order chi connectivity index (χ0) is 24.0. The Kier molecular flexibility index (Phi) is 21.6. The molecule has 0 heterocycles. The van der Waals surface area contributed by atoms with Gasteiger partial charge in [0, 0.05) is 6.42 Å². The van der Waals surface area contributed by atoms with Crippen molar-refractivity contribution >= 4 is 5.97 Å². The highest BCUT2D eigenvalue weighted by Crippen LogP contribution is 2.15. The molecule has 0 saturated heterocycles. The molecule has 0 amide bonds. The SMILES string of the molecule is CCCCCCCCCCCCCCCCCCC(=O)O[C@@H]([C@H](O)[C@H](O)CO)[C@H](O)CO. The lowest BCUT2D eigenvalue weighted by molar-refractivity contribution is -0.177. The van der Waals surface area contributed by atoms with Gasteiger partial charge in [0.25, 0.3) is 0 Å². The maximum absolute atomic E-state index is 12.0. The van der Waals surface area contributed by atoms with Gasteiger partial charge in [-0.15, -0.1) is 0 Å². The van der Waals surface area contributed by atoms with Crippen LogP contribution < -0.4 is 0 Å². The minimum atomic E-state index is -1.67. The Morgan fingerprint density at radius 1 is 0.625 bits per heavy atom. The summed E-state index contributed by atoms with van der Waals surface area (Å²) in [5.41, 5.74) is 0. The molecule has 0 radical (unpaired) electrons. The fourth-order valence-corrected chi connectivity index (χ4v) is 3.83. The van der Waals surface area contributed by atoms with Crippen molar-refractivity contribution in [3.63, 3.8) is 0 Å². The summed E-state index contributed by atoms with van der Waals surface area (Å²) in [6.07, 6.45) is 13.8. The van der Waals surface area contributed by atoms with Gasteiger partial charge < -0.3 is 30.3 Å². The smallest absolute Gasteiger partial charge is 0.306 e. The molecule has 4 atom stereocenters. The molecule has 7 heteroatoms. The zero-order valence-electron chi connectivity index (χ0n) is 20.3. The molecule has 32 heavy (non-hydrogen) atoms. The Morgan fingerprint density at radius 3 is 1.38 bits per heavy atom. The van der Waals surface area contributed by atoms with Crippen LogP contribution in [0.4, 0.5) is 0 Å². The lowest BCUT2D eigenvalue weighted by Crippen LogP contribution is -2.49. The van der Waals surface area contributed by atoms with Crippen molar-refractivity contribution in [2.24, 2.45) is 0 Å². The van der Waals surface area contributed by atoms with Crippen molar-refractivity contribution in [1.29, 1.82) is 0 Å². The van der Waals surface area contributed by atoms with Gasteiger partial charge in [0.15, 0.2) is 6.10 Å². The second-order valence-electron chi connectivity index (χ2n) is 9.00. The van der Waals surface area contributed by atoms with Gasteiger partial charge in [0.2, 0.25) is 0 Å². The maximum Gasteiger partial charge on any atom is 0.306 e. The van der Waals surface area contributed by atoms with E-state index >= 15 is 0 Å². The number of ether oxygens (including phenoxy) is 1. The fraction of sp³-hybridized carbons (Fsp3) is 0.960. The Hall–Kier alpha value is -0.730. The molecule has 0 saturated carbocycles. The largest absolute Gasteiger partial charge is 0.457 e. The summed E-state index contributed by atoms with van der Waals surface area (Å²) >= 11 is 0. The third-order valence-electron chi connectivity index (χ3n) is 5.99. The summed E-state index contributed by atoms with van der Waals surface area (Å²) in [6, 6.07) is 0. The van der Waals surface area contributed by atoms with Gasteiger partial charge in [0.1, 0.15) is 18.3 Å². The summed E-state index contributed by atoms with van der Waals surface area (Å²) in [7, 11) is 0. The highest BCUT2D eigenvalue weighted by atomic mass is 16.6. The van der Waals surface area contributed by atoms with E-state index in [1.165, 1.54) is 77.0 Å². The molecular weight excluding hydrogens is 412 g/mol. The molecule has 0 fully saturated rings. The van der Waals surface area contributed by atoms with Crippen LogP contribution in [0.25, 0.3) is 0 Å². The van der Waals surface area contributed by atoms with Crippen LogP contribution in [0.1, 0.15) is 116 Å². The molecule has 0 unspecified atom stereocenters. The summed E-state index contributed by atoms with van der Waals surface area (Å²) in [6.45, 7) is 0.779. The van der Waals surface area contributed by atoms with Crippen molar-refractivity contribution in [3.05, 3.63) is 0 Å². The number of aliphatic hydroxyl groups is 5. The van der Waals surface area contributed by atoms with E-state index in [4.69, 9.17) is 14.9 Å². The first-order valence-corrected chi connectivity index (χ1v) is 12.9. The number of unbranched alkanes of at least 4 members (excludes halogenated alkanes) is 15. The van der Waals surface area contributed by atoms with E-state index in [0.717, 1.165) is 19.3 Å². The Morgan fingerprint density at radius 2 is 1.00 bits per heavy atom. The van der Waals surface area contributed by atoms with Crippen LogP contribution in [0.5, 0.6) is 0 Å². The van der Waals surface area contributed by atoms with Crippen molar-refractivity contribution in [2.75, 3.05) is 13.2 Å². The van der Waals surface area contributed by atoms with Crippen LogP contribution in [0, 0.1) is 0 Å². The molecule has 0 aromatic rings. The van der Waals surface area contributed by atoms with Crippen molar-refractivity contribution in [2.45, 2.75) is 140 Å². The van der Waals surface area contributed by atoms with Crippen LogP contribution in [-0.2, 0) is 9.53 Å². The summed E-state index contributed by atoms with van der Waals surface area (Å²) in [4.78, 5) is 12.0. The second kappa shape index (κ2) is 22.1. The van der Waals surface area contributed by atoms with Crippen LogP contribution in [0.15, 0.2) is 0 Å². The van der Waals surface area contributed by atoms with E-state index in [-0.39, 0.29) is 6.42 Å². The van der Waals surface area contributed by atoms with Gasteiger partial charge in [-0.2, -0.15) is 0 Å². The van der Waals surface area contributed by atoms with Crippen molar-refractivity contribution < 1.29 is 35.1 Å². The van der Waals surface area contributed by atoms with E-state index in [2.05, 4.69) is 6.92 Å². The minimum absolute atomic E-state index is 0.148. The summed E-state index contributed by atoms with van der Waals surface area (Å²) in [5, 5.41) is 47.0. The Bertz CT molecular complexity index is 419. The Balaban J connectivity index is 3.64. The topological polar surface area (TPSA) is 127 Å². The first-order valence-electron chi connectivity index (χ1n) is 12.9. The highest BCUT2D eigenvalue weighted by Gasteiger charge is 2.34. The monoisotopic (exact) mass is 462 g/mol. The number of carbonyl (C=O) groups excluding carboxylic acids is 1. The third kappa shape index (κ3) is 16.8. The molecule has 7 nitrogen and oxygen atoms in total. The lowest BCUT2D eigenvalue weighted by Gasteiger charge is -2.28.